The quantitative estimate of drug-likeness (QED) is 0.388. The second-order valence-electron chi connectivity index (χ2n) is 5.22. The maximum atomic E-state index is 12.0. The Morgan fingerprint density at radius 2 is 1.65 bits per heavy atom. The molecule has 0 unspecified atom stereocenters. The Labute approximate surface area is 152 Å². The molecule has 1 N–H and O–H groups in total. The molecule has 0 fully saturated rings. The molecule has 0 saturated heterocycles. The minimum atomic E-state index is -0.997. The summed E-state index contributed by atoms with van der Waals surface area (Å²) in [5.74, 6) is -2.07. The van der Waals surface area contributed by atoms with Crippen LogP contribution in [0.15, 0.2) is 42.5 Å². The number of ketones is 1. The first-order chi connectivity index (χ1) is 12.5. The lowest BCUT2D eigenvalue weighted by Gasteiger charge is -2.15. The standard InChI is InChI=1S/C19H23NO6/c1-3-25-18(23)13-10-15(19(24)26-4-2)20-17(22)12-11-16(21)14-8-6-5-7-9-14/h5-9,11-12,15H,3-4,10,13H2,1-2H3,(H,20,22)/b12-11+/t15-/m0/s1. The van der Waals surface area contributed by atoms with Crippen molar-refractivity contribution in [2.45, 2.75) is 32.7 Å². The highest BCUT2D eigenvalue weighted by Crippen LogP contribution is 2.04. The summed E-state index contributed by atoms with van der Waals surface area (Å²) in [5, 5.41) is 2.45. The topological polar surface area (TPSA) is 98.8 Å². The predicted molar refractivity (Wildman–Crippen MR) is 94.3 cm³/mol. The second kappa shape index (κ2) is 11.6. The van der Waals surface area contributed by atoms with Gasteiger partial charge in [0.1, 0.15) is 6.04 Å². The Morgan fingerprint density at radius 3 is 2.27 bits per heavy atom. The van der Waals surface area contributed by atoms with E-state index in [-0.39, 0.29) is 31.8 Å². The van der Waals surface area contributed by atoms with Crippen molar-refractivity contribution in [3.05, 3.63) is 48.0 Å². The van der Waals surface area contributed by atoms with Gasteiger partial charge in [-0.1, -0.05) is 30.3 Å². The van der Waals surface area contributed by atoms with Crippen molar-refractivity contribution in [2.24, 2.45) is 0 Å². The molecule has 1 aromatic carbocycles. The minimum Gasteiger partial charge on any atom is -0.466 e. The average molecular weight is 361 g/mol. The van der Waals surface area contributed by atoms with Crippen molar-refractivity contribution in [2.75, 3.05) is 13.2 Å². The van der Waals surface area contributed by atoms with E-state index in [1.165, 1.54) is 0 Å². The first-order valence-electron chi connectivity index (χ1n) is 8.38. The van der Waals surface area contributed by atoms with Crippen LogP contribution in [0.5, 0.6) is 0 Å². The second-order valence-corrected chi connectivity index (χ2v) is 5.22. The van der Waals surface area contributed by atoms with Gasteiger partial charge in [-0.2, -0.15) is 0 Å². The molecule has 0 saturated carbocycles. The third kappa shape index (κ3) is 7.74. The van der Waals surface area contributed by atoms with Crippen molar-refractivity contribution in [3.63, 3.8) is 0 Å². The number of carbonyl (C=O) groups is 4. The van der Waals surface area contributed by atoms with Crippen molar-refractivity contribution in [1.82, 2.24) is 5.32 Å². The maximum Gasteiger partial charge on any atom is 0.328 e. The lowest BCUT2D eigenvalue weighted by molar-refractivity contribution is -0.148. The SMILES string of the molecule is CCOC(=O)CC[C@H](NC(=O)/C=C/C(=O)c1ccccc1)C(=O)OCC. The first-order valence-corrected chi connectivity index (χ1v) is 8.38. The number of nitrogens with one attached hydrogen (secondary N) is 1. The zero-order valence-corrected chi connectivity index (χ0v) is 14.9. The van der Waals surface area contributed by atoms with Crippen LogP contribution in [0.2, 0.25) is 0 Å². The first kappa shape index (κ1) is 21.1. The van der Waals surface area contributed by atoms with E-state index in [1.54, 1.807) is 44.2 Å². The molecule has 1 amide bonds. The molecule has 0 bridgehead atoms. The normalized spacial score (nSPS) is 11.6. The molecule has 26 heavy (non-hydrogen) atoms. The van der Waals surface area contributed by atoms with Crippen LogP contribution in [0.1, 0.15) is 37.0 Å². The summed E-state index contributed by atoms with van der Waals surface area (Å²) in [5.41, 5.74) is 0.445. The summed E-state index contributed by atoms with van der Waals surface area (Å²) >= 11 is 0. The van der Waals surface area contributed by atoms with Crippen LogP contribution in [0.25, 0.3) is 0 Å². The molecule has 0 heterocycles. The fourth-order valence-electron chi connectivity index (χ4n) is 2.06. The lowest BCUT2D eigenvalue weighted by Crippen LogP contribution is -2.41. The van der Waals surface area contributed by atoms with Crippen molar-refractivity contribution in [1.29, 1.82) is 0 Å². The summed E-state index contributed by atoms with van der Waals surface area (Å²) in [6, 6.07) is 7.47. The van der Waals surface area contributed by atoms with Gasteiger partial charge in [0, 0.05) is 18.1 Å². The largest absolute Gasteiger partial charge is 0.466 e. The summed E-state index contributed by atoms with van der Waals surface area (Å²) < 4.78 is 9.70. The molecule has 0 radical (unpaired) electrons. The molecule has 1 aromatic rings. The van der Waals surface area contributed by atoms with E-state index in [9.17, 15) is 19.2 Å². The third-order valence-electron chi connectivity index (χ3n) is 3.27. The fourth-order valence-corrected chi connectivity index (χ4v) is 2.06. The van der Waals surface area contributed by atoms with E-state index in [1.807, 2.05) is 0 Å². The average Bonchev–Trinajstić information content (AvgIpc) is 2.64. The number of hydrogen-bond donors (Lipinski definition) is 1. The smallest absolute Gasteiger partial charge is 0.328 e. The van der Waals surface area contributed by atoms with Gasteiger partial charge < -0.3 is 14.8 Å². The molecule has 0 spiro atoms. The van der Waals surface area contributed by atoms with Crippen molar-refractivity contribution < 1.29 is 28.7 Å². The van der Waals surface area contributed by atoms with E-state index in [2.05, 4.69) is 5.32 Å². The Balaban J connectivity index is 2.65. The van der Waals surface area contributed by atoms with Crippen molar-refractivity contribution in [3.8, 4) is 0 Å². The van der Waals surface area contributed by atoms with Crippen molar-refractivity contribution >= 4 is 23.6 Å². The molecule has 140 valence electrons. The van der Waals surface area contributed by atoms with Gasteiger partial charge in [-0.3, -0.25) is 14.4 Å². The Kier molecular flexibility index (Phi) is 9.38. The highest BCUT2D eigenvalue weighted by Gasteiger charge is 2.22. The van der Waals surface area contributed by atoms with Gasteiger partial charge in [0.25, 0.3) is 0 Å². The number of allylic oxidation sites excluding steroid dienone is 1. The van der Waals surface area contributed by atoms with E-state index < -0.39 is 23.9 Å². The molecule has 0 aliphatic rings. The number of carbonyl (C=O) groups excluding carboxylic acids is 4. The van der Waals surface area contributed by atoms with Gasteiger partial charge in [-0.15, -0.1) is 0 Å². The number of rotatable bonds is 10. The van der Waals surface area contributed by atoms with E-state index in [0.29, 0.717) is 5.56 Å². The summed E-state index contributed by atoms with van der Waals surface area (Å²) in [6.07, 6.45) is 2.18. The molecule has 0 aromatic heterocycles. The van der Waals surface area contributed by atoms with Gasteiger partial charge in [0.15, 0.2) is 5.78 Å². The van der Waals surface area contributed by atoms with E-state index in [4.69, 9.17) is 9.47 Å². The molecule has 7 heteroatoms. The number of ether oxygens (including phenoxy) is 2. The number of amides is 1. The van der Waals surface area contributed by atoms with E-state index >= 15 is 0 Å². The van der Waals surface area contributed by atoms with Crippen LogP contribution in [0.4, 0.5) is 0 Å². The molecule has 1 rings (SSSR count). The molecule has 0 aliphatic heterocycles. The van der Waals surface area contributed by atoms with Crippen LogP contribution >= 0.6 is 0 Å². The van der Waals surface area contributed by atoms with Crippen LogP contribution < -0.4 is 5.32 Å². The third-order valence-corrected chi connectivity index (χ3v) is 3.27. The number of benzene rings is 1. The summed E-state index contributed by atoms with van der Waals surface area (Å²) in [7, 11) is 0. The fraction of sp³-hybridized carbons (Fsp3) is 0.368. The zero-order valence-electron chi connectivity index (χ0n) is 14.9. The maximum absolute atomic E-state index is 12.0. The van der Waals surface area contributed by atoms with Gasteiger partial charge in [0.2, 0.25) is 5.91 Å². The molecule has 7 nitrogen and oxygen atoms in total. The van der Waals surface area contributed by atoms with Crippen LogP contribution in [-0.4, -0.2) is 42.9 Å². The highest BCUT2D eigenvalue weighted by molar-refractivity contribution is 6.07. The van der Waals surface area contributed by atoms with E-state index in [0.717, 1.165) is 12.2 Å². The minimum absolute atomic E-state index is 0.0374. The van der Waals surface area contributed by atoms with Crippen LogP contribution in [0, 0.1) is 0 Å². The van der Waals surface area contributed by atoms with Crippen LogP contribution in [-0.2, 0) is 23.9 Å². The lowest BCUT2D eigenvalue weighted by atomic mass is 10.1. The Morgan fingerprint density at radius 1 is 1.00 bits per heavy atom. The van der Waals surface area contributed by atoms with Gasteiger partial charge in [-0.25, -0.2) is 4.79 Å². The van der Waals surface area contributed by atoms with Crippen LogP contribution in [0.3, 0.4) is 0 Å². The molecule has 0 aliphatic carbocycles. The monoisotopic (exact) mass is 361 g/mol. The highest BCUT2D eigenvalue weighted by atomic mass is 16.5. The molecular formula is C19H23NO6. The Hall–Kier alpha value is -2.96. The molecule has 1 atom stereocenters. The summed E-state index contributed by atoms with van der Waals surface area (Å²) in [6.45, 7) is 3.70. The van der Waals surface area contributed by atoms with Gasteiger partial charge >= 0.3 is 11.9 Å². The number of hydrogen-bond acceptors (Lipinski definition) is 6. The number of esters is 2. The zero-order chi connectivity index (χ0) is 19.4. The summed E-state index contributed by atoms with van der Waals surface area (Å²) in [4.78, 5) is 47.3. The Bertz CT molecular complexity index is 653. The van der Waals surface area contributed by atoms with Gasteiger partial charge in [-0.05, 0) is 26.3 Å². The predicted octanol–water partition coefficient (Wildman–Crippen LogP) is 1.82. The van der Waals surface area contributed by atoms with Gasteiger partial charge in [0.05, 0.1) is 13.2 Å². The molecular weight excluding hydrogens is 338 g/mol.